The number of Topliss-reactive ketones (excluding diaryl/α,β-unsaturated/α-hetero) is 1. The highest BCUT2D eigenvalue weighted by Gasteiger charge is 2.47. The average Bonchev–Trinajstić information content (AvgIpc) is 3.09. The van der Waals surface area contributed by atoms with E-state index >= 15 is 0 Å². The number of ether oxygens (including phenoxy) is 1. The molecule has 4 rings (SSSR count). The molecule has 0 spiro atoms. The first-order valence-corrected chi connectivity index (χ1v) is 11.0. The largest absolute Gasteiger partial charge is 0.507 e. The number of amides is 1. The Morgan fingerprint density at radius 3 is 2.24 bits per heavy atom. The zero-order chi connectivity index (χ0) is 24.6. The molecule has 2 heterocycles. The molecule has 0 radical (unpaired) electrons. The Kier molecular flexibility index (Phi) is 6.50. The third-order valence-electron chi connectivity index (χ3n) is 5.53. The Labute approximate surface area is 206 Å². The summed E-state index contributed by atoms with van der Waals surface area (Å²) in [6.07, 6.45) is 1.56. The summed E-state index contributed by atoms with van der Waals surface area (Å²) in [6, 6.07) is 14.2. The van der Waals surface area contributed by atoms with Crippen LogP contribution in [-0.2, 0) is 9.59 Å². The molecule has 1 aromatic heterocycles. The minimum Gasteiger partial charge on any atom is -0.507 e. The lowest BCUT2D eigenvalue weighted by Crippen LogP contribution is -2.29. The molecule has 1 aliphatic heterocycles. The number of hydrogen-bond donors (Lipinski definition) is 1. The maximum absolute atomic E-state index is 13.2. The van der Waals surface area contributed by atoms with Gasteiger partial charge >= 0.3 is 0 Å². The molecule has 1 aliphatic rings. The molecule has 0 bridgehead atoms. The first-order valence-electron chi connectivity index (χ1n) is 10.3. The van der Waals surface area contributed by atoms with Crippen molar-refractivity contribution in [2.45, 2.75) is 6.04 Å². The lowest BCUT2D eigenvalue weighted by atomic mass is 9.98. The monoisotopic (exact) mass is 497 g/mol. The van der Waals surface area contributed by atoms with Gasteiger partial charge in [0.1, 0.15) is 11.8 Å². The van der Waals surface area contributed by atoms with Crippen LogP contribution in [0.5, 0.6) is 5.75 Å². The summed E-state index contributed by atoms with van der Waals surface area (Å²) in [5.74, 6) is -1.79. The molecular weight excluding hydrogens is 477 g/mol. The summed E-state index contributed by atoms with van der Waals surface area (Å²) in [5.41, 5.74) is 1.91. The van der Waals surface area contributed by atoms with Crippen LogP contribution in [0.1, 0.15) is 17.3 Å². The van der Waals surface area contributed by atoms with Gasteiger partial charge in [-0.15, -0.1) is 0 Å². The van der Waals surface area contributed by atoms with Crippen molar-refractivity contribution in [2.24, 2.45) is 0 Å². The predicted octanol–water partition coefficient (Wildman–Crippen LogP) is 5.09. The summed E-state index contributed by atoms with van der Waals surface area (Å²) in [5, 5.41) is 11.5. The molecule has 1 unspecified atom stereocenters. The Morgan fingerprint density at radius 1 is 1.06 bits per heavy atom. The Bertz CT molecular complexity index is 1270. The molecule has 34 heavy (non-hydrogen) atoms. The van der Waals surface area contributed by atoms with Crippen molar-refractivity contribution < 1.29 is 19.4 Å². The zero-order valence-electron chi connectivity index (χ0n) is 18.6. The summed E-state index contributed by atoms with van der Waals surface area (Å²) in [4.78, 5) is 34.1. The van der Waals surface area contributed by atoms with Crippen molar-refractivity contribution in [1.29, 1.82) is 0 Å². The lowest BCUT2D eigenvalue weighted by Gasteiger charge is -2.25. The minimum atomic E-state index is -0.953. The number of methoxy groups -OCH3 is 1. The van der Waals surface area contributed by atoms with Gasteiger partial charge in [-0.2, -0.15) is 0 Å². The van der Waals surface area contributed by atoms with E-state index in [1.807, 2.05) is 31.1 Å². The van der Waals surface area contributed by atoms with E-state index < -0.39 is 23.5 Å². The van der Waals surface area contributed by atoms with E-state index in [4.69, 9.17) is 27.9 Å². The first-order chi connectivity index (χ1) is 16.2. The van der Waals surface area contributed by atoms with E-state index in [9.17, 15) is 14.7 Å². The van der Waals surface area contributed by atoms with Crippen LogP contribution in [0.15, 0.2) is 66.4 Å². The fourth-order valence-corrected chi connectivity index (χ4v) is 4.52. The number of hydrogen-bond acceptors (Lipinski definition) is 6. The highest BCUT2D eigenvalue weighted by Crippen LogP contribution is 2.43. The van der Waals surface area contributed by atoms with Crippen molar-refractivity contribution in [3.05, 3.63) is 87.7 Å². The molecule has 1 saturated heterocycles. The van der Waals surface area contributed by atoms with Gasteiger partial charge < -0.3 is 14.7 Å². The van der Waals surface area contributed by atoms with Crippen LogP contribution in [0.2, 0.25) is 10.0 Å². The standard InChI is InChI=1S/C25H21Cl2N3O4/c1-29(2)15-7-9-16(10-8-15)30-21(19-6-4-5-11-28-19)20(23(32)25(30)33)22(31)14-12-17(26)24(34-3)18(27)13-14/h4-13,21,31H,1-3H3/b22-20+. The van der Waals surface area contributed by atoms with Crippen LogP contribution in [0.3, 0.4) is 0 Å². The molecule has 9 heteroatoms. The minimum absolute atomic E-state index is 0.113. The number of halogens is 2. The predicted molar refractivity (Wildman–Crippen MR) is 133 cm³/mol. The van der Waals surface area contributed by atoms with Gasteiger partial charge in [-0.05, 0) is 48.5 Å². The maximum Gasteiger partial charge on any atom is 0.300 e. The van der Waals surface area contributed by atoms with E-state index in [1.165, 1.54) is 24.1 Å². The van der Waals surface area contributed by atoms with Gasteiger partial charge in [0.2, 0.25) is 0 Å². The van der Waals surface area contributed by atoms with Gasteiger partial charge in [-0.25, -0.2) is 0 Å². The molecule has 3 aromatic rings. The molecule has 1 fully saturated rings. The molecule has 0 saturated carbocycles. The second kappa shape index (κ2) is 9.37. The number of rotatable bonds is 5. The van der Waals surface area contributed by atoms with Gasteiger partial charge in [-0.1, -0.05) is 29.3 Å². The van der Waals surface area contributed by atoms with Crippen LogP contribution in [0.4, 0.5) is 11.4 Å². The third kappa shape index (κ3) is 4.08. The highest BCUT2D eigenvalue weighted by molar-refractivity contribution is 6.51. The molecule has 1 N–H and O–H groups in total. The lowest BCUT2D eigenvalue weighted by molar-refractivity contribution is -0.132. The second-order valence-corrected chi connectivity index (χ2v) is 8.62. The van der Waals surface area contributed by atoms with Crippen LogP contribution in [0, 0.1) is 0 Å². The number of pyridine rings is 1. The number of carbonyl (C=O) groups is 2. The molecule has 2 aromatic carbocycles. The number of aliphatic hydroxyl groups is 1. The topological polar surface area (TPSA) is 83.0 Å². The molecule has 174 valence electrons. The molecule has 7 nitrogen and oxygen atoms in total. The van der Waals surface area contributed by atoms with E-state index in [0.29, 0.717) is 11.4 Å². The van der Waals surface area contributed by atoms with Crippen LogP contribution in [0.25, 0.3) is 5.76 Å². The van der Waals surface area contributed by atoms with Crippen molar-refractivity contribution in [3.63, 3.8) is 0 Å². The number of aliphatic hydroxyl groups excluding tert-OH is 1. The summed E-state index contributed by atoms with van der Waals surface area (Å²) in [6.45, 7) is 0. The molecular formula is C25H21Cl2N3O4. The fourth-order valence-electron chi connectivity index (χ4n) is 3.87. The van der Waals surface area contributed by atoms with Crippen LogP contribution < -0.4 is 14.5 Å². The number of nitrogens with zero attached hydrogens (tertiary/aromatic N) is 3. The van der Waals surface area contributed by atoms with E-state index in [2.05, 4.69) is 4.98 Å². The van der Waals surface area contributed by atoms with Crippen molar-refractivity contribution in [1.82, 2.24) is 4.98 Å². The van der Waals surface area contributed by atoms with Crippen LogP contribution in [-0.4, -0.2) is 43.0 Å². The fraction of sp³-hybridized carbons (Fsp3) is 0.160. The summed E-state index contributed by atoms with van der Waals surface area (Å²) in [7, 11) is 5.22. The van der Waals surface area contributed by atoms with Crippen molar-refractivity contribution >= 4 is 52.0 Å². The molecule has 1 amide bonds. The van der Waals surface area contributed by atoms with E-state index in [0.717, 1.165) is 5.69 Å². The highest BCUT2D eigenvalue weighted by atomic mass is 35.5. The van der Waals surface area contributed by atoms with E-state index in [1.54, 1.807) is 36.5 Å². The van der Waals surface area contributed by atoms with Crippen LogP contribution >= 0.6 is 23.2 Å². The quantitative estimate of drug-likeness (QED) is 0.300. The molecule has 1 atom stereocenters. The number of ketones is 1. The Morgan fingerprint density at radius 2 is 1.71 bits per heavy atom. The van der Waals surface area contributed by atoms with Gasteiger partial charge in [0.25, 0.3) is 11.7 Å². The van der Waals surface area contributed by atoms with Crippen molar-refractivity contribution in [2.75, 3.05) is 31.0 Å². The molecule has 0 aliphatic carbocycles. The average molecular weight is 498 g/mol. The summed E-state index contributed by atoms with van der Waals surface area (Å²) >= 11 is 12.5. The van der Waals surface area contributed by atoms with Gasteiger partial charge in [-0.3, -0.25) is 19.5 Å². The normalized spacial score (nSPS) is 17.2. The Hall–Kier alpha value is -3.55. The smallest absolute Gasteiger partial charge is 0.300 e. The summed E-state index contributed by atoms with van der Waals surface area (Å²) < 4.78 is 5.16. The Balaban J connectivity index is 1.91. The number of carbonyl (C=O) groups excluding carboxylic acids is 2. The zero-order valence-corrected chi connectivity index (χ0v) is 20.1. The SMILES string of the molecule is COc1c(Cl)cc(/C(O)=C2\C(=O)C(=O)N(c3ccc(N(C)C)cc3)C2c2ccccn2)cc1Cl. The third-order valence-corrected chi connectivity index (χ3v) is 6.09. The van der Waals surface area contributed by atoms with Gasteiger partial charge in [0.15, 0.2) is 5.75 Å². The van der Waals surface area contributed by atoms with Crippen molar-refractivity contribution in [3.8, 4) is 5.75 Å². The number of aromatic nitrogens is 1. The second-order valence-electron chi connectivity index (χ2n) is 7.81. The first kappa shape index (κ1) is 23.6. The number of benzene rings is 2. The van der Waals surface area contributed by atoms with E-state index in [-0.39, 0.29) is 26.9 Å². The van der Waals surface area contributed by atoms with Gasteiger partial charge in [0.05, 0.1) is 28.4 Å². The number of anilines is 2. The maximum atomic E-state index is 13.2. The van der Waals surface area contributed by atoms with Gasteiger partial charge in [0, 0.05) is 37.2 Å².